The molecule has 0 saturated carbocycles. The van der Waals surface area contributed by atoms with Crippen molar-refractivity contribution in [3.8, 4) is 0 Å². The SMILES string of the molecule is CC(C(N)=O)(C(F)(F)F)C(F)(F)F.c1ccc(N2CCNCC2)cc1. The van der Waals surface area contributed by atoms with Gasteiger partial charge in [-0.05, 0) is 19.1 Å². The summed E-state index contributed by atoms with van der Waals surface area (Å²) in [6.07, 6.45) is -11.5. The molecule has 1 amide bonds. The van der Waals surface area contributed by atoms with Gasteiger partial charge in [0.05, 0.1) is 0 Å². The lowest BCUT2D eigenvalue weighted by Crippen LogP contribution is -2.56. The summed E-state index contributed by atoms with van der Waals surface area (Å²) in [6, 6.07) is 10.6. The summed E-state index contributed by atoms with van der Waals surface area (Å²) < 4.78 is 71.0. The fourth-order valence-electron chi connectivity index (χ4n) is 2.00. The van der Waals surface area contributed by atoms with Gasteiger partial charge in [-0.25, -0.2) is 0 Å². The summed E-state index contributed by atoms with van der Waals surface area (Å²) in [5.41, 5.74) is 0.924. The van der Waals surface area contributed by atoms with E-state index in [2.05, 4.69) is 46.3 Å². The van der Waals surface area contributed by atoms with E-state index in [0.29, 0.717) is 0 Å². The number of primary amides is 1. The van der Waals surface area contributed by atoms with Crippen LogP contribution in [0, 0.1) is 5.41 Å². The van der Waals surface area contributed by atoms with Crippen molar-refractivity contribution in [3.63, 3.8) is 0 Å². The van der Waals surface area contributed by atoms with E-state index in [-0.39, 0.29) is 6.92 Å². The van der Waals surface area contributed by atoms with E-state index in [9.17, 15) is 31.1 Å². The molecular formula is C15H19F6N3O. The lowest BCUT2D eigenvalue weighted by Gasteiger charge is -2.30. The molecule has 1 heterocycles. The molecule has 1 aromatic rings. The first kappa shape index (κ1) is 21.1. The van der Waals surface area contributed by atoms with E-state index >= 15 is 0 Å². The van der Waals surface area contributed by atoms with Crippen molar-refractivity contribution in [2.45, 2.75) is 19.3 Å². The molecule has 0 bridgehead atoms. The van der Waals surface area contributed by atoms with E-state index in [0.717, 1.165) is 26.2 Å². The van der Waals surface area contributed by atoms with Crippen LogP contribution in [-0.4, -0.2) is 44.4 Å². The van der Waals surface area contributed by atoms with Crippen molar-refractivity contribution >= 4 is 11.6 Å². The molecule has 1 aromatic carbocycles. The van der Waals surface area contributed by atoms with Crippen LogP contribution in [0.4, 0.5) is 32.0 Å². The standard InChI is InChI=1S/C10H14N2.C5H5F6NO/c1-2-4-10(5-3-1)12-8-6-11-7-9-12;1-3(2(12)13,4(6,7)8)5(9,10)11/h1-5,11H,6-9H2;1H3,(H2,12,13). The monoisotopic (exact) mass is 371 g/mol. The number of nitrogens with zero attached hydrogens (tertiary/aromatic N) is 1. The second-order valence-electron chi connectivity index (χ2n) is 5.56. The molecule has 0 atom stereocenters. The summed E-state index contributed by atoms with van der Waals surface area (Å²) in [6.45, 7) is 4.17. The molecule has 0 unspecified atom stereocenters. The molecule has 0 aromatic heterocycles. The summed E-state index contributed by atoms with van der Waals surface area (Å²) in [4.78, 5) is 12.5. The van der Waals surface area contributed by atoms with Crippen LogP contribution in [0.25, 0.3) is 0 Å². The fourth-order valence-corrected chi connectivity index (χ4v) is 2.00. The van der Waals surface area contributed by atoms with Gasteiger partial charge < -0.3 is 16.0 Å². The van der Waals surface area contributed by atoms with Crippen molar-refractivity contribution in [1.29, 1.82) is 0 Å². The van der Waals surface area contributed by atoms with Crippen molar-refractivity contribution in [2.75, 3.05) is 31.1 Å². The number of alkyl halides is 6. The Kier molecular flexibility index (Phi) is 6.69. The lowest BCUT2D eigenvalue weighted by molar-refractivity contribution is -0.318. The van der Waals surface area contributed by atoms with Crippen molar-refractivity contribution < 1.29 is 31.1 Å². The average molecular weight is 371 g/mol. The van der Waals surface area contributed by atoms with Crippen LogP contribution in [0.3, 0.4) is 0 Å². The molecule has 1 aliphatic heterocycles. The van der Waals surface area contributed by atoms with Crippen molar-refractivity contribution in [1.82, 2.24) is 5.32 Å². The Morgan fingerprint density at radius 2 is 1.44 bits per heavy atom. The van der Waals surface area contributed by atoms with Crippen molar-refractivity contribution in [2.24, 2.45) is 11.1 Å². The highest BCUT2D eigenvalue weighted by atomic mass is 19.4. The van der Waals surface area contributed by atoms with E-state index in [1.165, 1.54) is 5.69 Å². The molecule has 142 valence electrons. The second-order valence-corrected chi connectivity index (χ2v) is 5.56. The van der Waals surface area contributed by atoms with Gasteiger partial charge in [-0.2, -0.15) is 26.3 Å². The van der Waals surface area contributed by atoms with Crippen LogP contribution in [0.2, 0.25) is 0 Å². The minimum Gasteiger partial charge on any atom is -0.369 e. The largest absolute Gasteiger partial charge is 0.411 e. The number of amides is 1. The van der Waals surface area contributed by atoms with Gasteiger partial charge in [-0.3, -0.25) is 4.79 Å². The minimum absolute atomic E-state index is 0.296. The Labute approximate surface area is 141 Å². The summed E-state index contributed by atoms with van der Waals surface area (Å²) in [5.74, 6) is -2.47. The highest BCUT2D eigenvalue weighted by Crippen LogP contribution is 2.49. The number of hydrogen-bond donors (Lipinski definition) is 2. The van der Waals surface area contributed by atoms with Crippen LogP contribution in [-0.2, 0) is 4.79 Å². The molecule has 1 aliphatic rings. The number of nitrogens with one attached hydrogen (secondary N) is 1. The summed E-state index contributed by atoms with van der Waals surface area (Å²) in [5, 5.41) is 3.34. The predicted molar refractivity (Wildman–Crippen MR) is 80.9 cm³/mol. The second kappa shape index (κ2) is 7.94. The van der Waals surface area contributed by atoms with Crippen LogP contribution < -0.4 is 16.0 Å². The smallest absolute Gasteiger partial charge is 0.369 e. The van der Waals surface area contributed by atoms with Crippen LogP contribution >= 0.6 is 0 Å². The van der Waals surface area contributed by atoms with E-state index in [4.69, 9.17) is 0 Å². The van der Waals surface area contributed by atoms with Gasteiger partial charge in [0.15, 0.2) is 0 Å². The normalized spacial score (nSPS) is 16.0. The van der Waals surface area contributed by atoms with E-state index in [1.807, 2.05) is 0 Å². The highest BCUT2D eigenvalue weighted by Gasteiger charge is 2.71. The first-order valence-corrected chi connectivity index (χ1v) is 7.35. The minimum atomic E-state index is -5.74. The maximum Gasteiger partial charge on any atom is 0.411 e. The Hall–Kier alpha value is -1.97. The molecule has 0 spiro atoms. The highest BCUT2D eigenvalue weighted by molar-refractivity contribution is 5.82. The number of rotatable bonds is 2. The van der Waals surface area contributed by atoms with Gasteiger partial charge in [0, 0.05) is 31.9 Å². The number of carbonyl (C=O) groups excluding carboxylic acids is 1. The van der Waals surface area contributed by atoms with Crippen LogP contribution in [0.1, 0.15) is 6.92 Å². The molecule has 1 fully saturated rings. The Morgan fingerprint density at radius 3 is 1.76 bits per heavy atom. The number of hydrogen-bond acceptors (Lipinski definition) is 3. The zero-order chi connectivity index (χ0) is 19.3. The first-order valence-electron chi connectivity index (χ1n) is 7.35. The summed E-state index contributed by atoms with van der Waals surface area (Å²) >= 11 is 0. The summed E-state index contributed by atoms with van der Waals surface area (Å²) in [7, 11) is 0. The average Bonchev–Trinajstić information content (AvgIpc) is 2.54. The number of anilines is 1. The molecule has 4 nitrogen and oxygen atoms in total. The number of nitrogens with two attached hydrogens (primary N) is 1. The van der Waals surface area contributed by atoms with Gasteiger partial charge in [-0.1, -0.05) is 18.2 Å². The number of benzene rings is 1. The zero-order valence-electron chi connectivity index (χ0n) is 13.4. The van der Waals surface area contributed by atoms with Crippen LogP contribution in [0.15, 0.2) is 30.3 Å². The molecule has 10 heteroatoms. The van der Waals surface area contributed by atoms with Crippen LogP contribution in [0.5, 0.6) is 0 Å². The van der Waals surface area contributed by atoms with E-state index < -0.39 is 23.7 Å². The molecule has 0 radical (unpaired) electrons. The molecule has 25 heavy (non-hydrogen) atoms. The van der Waals surface area contributed by atoms with Gasteiger partial charge in [-0.15, -0.1) is 0 Å². The number of halogens is 6. The van der Waals surface area contributed by atoms with Gasteiger partial charge in [0.2, 0.25) is 11.3 Å². The first-order chi connectivity index (χ1) is 11.4. The van der Waals surface area contributed by atoms with Gasteiger partial charge in [0.25, 0.3) is 0 Å². The molecular weight excluding hydrogens is 352 g/mol. The third kappa shape index (κ3) is 5.00. The van der Waals surface area contributed by atoms with Gasteiger partial charge >= 0.3 is 12.4 Å². The Bertz CT molecular complexity index is 539. The quantitative estimate of drug-likeness (QED) is 0.786. The third-order valence-corrected chi connectivity index (χ3v) is 3.87. The van der Waals surface area contributed by atoms with Gasteiger partial charge in [0.1, 0.15) is 0 Å². The zero-order valence-corrected chi connectivity index (χ0v) is 13.4. The predicted octanol–water partition coefficient (Wildman–Crippen LogP) is 2.70. The lowest BCUT2D eigenvalue weighted by atomic mass is 9.88. The topological polar surface area (TPSA) is 58.4 Å². The Morgan fingerprint density at radius 1 is 1.00 bits per heavy atom. The molecule has 0 aliphatic carbocycles. The number of piperazine rings is 1. The maximum absolute atomic E-state index is 11.8. The third-order valence-electron chi connectivity index (χ3n) is 3.87. The Balaban J connectivity index is 0.000000250. The maximum atomic E-state index is 11.8. The number of carbonyl (C=O) groups is 1. The molecule has 3 N–H and O–H groups in total. The van der Waals surface area contributed by atoms with E-state index in [1.54, 1.807) is 0 Å². The molecule has 1 saturated heterocycles. The van der Waals surface area contributed by atoms with Crippen molar-refractivity contribution in [3.05, 3.63) is 30.3 Å². The molecule has 2 rings (SSSR count). The number of para-hydroxylation sites is 1. The fraction of sp³-hybridized carbons (Fsp3) is 0.533.